The molecule has 0 unspecified atom stereocenters. The highest BCUT2D eigenvalue weighted by Crippen LogP contribution is 2.41. The van der Waals surface area contributed by atoms with E-state index in [1.807, 2.05) is 45.0 Å². The van der Waals surface area contributed by atoms with Crippen LogP contribution in [0, 0.1) is 6.92 Å². The minimum Gasteiger partial charge on any atom is -0.507 e. The largest absolute Gasteiger partial charge is 0.507 e. The number of aromatic nitrogens is 1. The van der Waals surface area contributed by atoms with Gasteiger partial charge in [-0.25, -0.2) is 4.98 Å². The van der Waals surface area contributed by atoms with Gasteiger partial charge < -0.3 is 9.84 Å². The molecule has 1 fully saturated rings. The number of benzene rings is 2. The van der Waals surface area contributed by atoms with E-state index < -0.39 is 17.7 Å². The second-order valence-corrected chi connectivity index (χ2v) is 7.96. The molecule has 0 bridgehead atoms. The van der Waals surface area contributed by atoms with Crippen molar-refractivity contribution in [3.63, 3.8) is 0 Å². The maximum absolute atomic E-state index is 13.1. The number of ketones is 1. The predicted molar refractivity (Wildman–Crippen MR) is 122 cm³/mol. The van der Waals surface area contributed by atoms with E-state index in [4.69, 9.17) is 4.74 Å². The molecule has 0 saturated carbocycles. The molecule has 0 radical (unpaired) electrons. The molecule has 1 N–H and O–H groups in total. The average molecular weight is 428 g/mol. The second kappa shape index (κ2) is 8.67. The fourth-order valence-electron chi connectivity index (χ4n) is 3.75. The second-order valence-electron chi connectivity index (χ2n) is 7.96. The van der Waals surface area contributed by atoms with Crippen molar-refractivity contribution in [3.8, 4) is 5.75 Å². The molecule has 0 spiro atoms. The Kier molecular flexibility index (Phi) is 5.77. The summed E-state index contributed by atoms with van der Waals surface area (Å²) in [5.74, 6) is -0.708. The number of carbonyl (C=O) groups excluding carboxylic acids is 2. The number of nitrogens with zero attached hydrogens (tertiary/aromatic N) is 2. The summed E-state index contributed by atoms with van der Waals surface area (Å²) in [6.07, 6.45) is 1.58. The van der Waals surface area contributed by atoms with Crippen LogP contribution in [0.25, 0.3) is 5.76 Å². The normalized spacial score (nSPS) is 17.8. The molecule has 1 aromatic heterocycles. The highest BCUT2D eigenvalue weighted by Gasteiger charge is 2.47. The zero-order valence-corrected chi connectivity index (χ0v) is 18.1. The van der Waals surface area contributed by atoms with Crippen LogP contribution in [0.3, 0.4) is 0 Å². The SMILES string of the molecule is Cc1ccc([C@H]2C(=C(O)c3ccc(OC(C)C)cc3)C(=O)C(=O)N2c2ccccn2)cc1. The summed E-state index contributed by atoms with van der Waals surface area (Å²) in [6, 6.07) is 18.7. The van der Waals surface area contributed by atoms with Gasteiger partial charge in [0, 0.05) is 11.8 Å². The van der Waals surface area contributed by atoms with Gasteiger partial charge in [0.2, 0.25) is 0 Å². The number of aryl methyl sites for hydroxylation is 1. The highest BCUT2D eigenvalue weighted by molar-refractivity contribution is 6.51. The van der Waals surface area contributed by atoms with E-state index in [1.165, 1.54) is 4.90 Å². The monoisotopic (exact) mass is 428 g/mol. The number of carbonyl (C=O) groups is 2. The number of aliphatic hydroxyl groups excluding tert-OH is 1. The van der Waals surface area contributed by atoms with Gasteiger partial charge in [-0.15, -0.1) is 0 Å². The molecule has 6 nitrogen and oxygen atoms in total. The average Bonchev–Trinajstić information content (AvgIpc) is 3.05. The first-order chi connectivity index (χ1) is 15.4. The van der Waals surface area contributed by atoms with Crippen LogP contribution >= 0.6 is 0 Å². The first kappa shape index (κ1) is 21.3. The molecule has 3 aromatic rings. The minimum atomic E-state index is -0.794. The first-order valence-corrected chi connectivity index (χ1v) is 10.4. The number of amides is 1. The molecule has 1 aliphatic rings. The van der Waals surface area contributed by atoms with Crippen LogP contribution in [-0.4, -0.2) is 27.9 Å². The molecule has 162 valence electrons. The van der Waals surface area contributed by atoms with E-state index in [0.29, 0.717) is 22.7 Å². The van der Waals surface area contributed by atoms with Gasteiger partial charge >= 0.3 is 5.91 Å². The van der Waals surface area contributed by atoms with Gasteiger partial charge in [0.15, 0.2) is 0 Å². The lowest BCUT2D eigenvalue weighted by Gasteiger charge is -2.24. The number of Topliss-reactive ketones (excluding diaryl/α,β-unsaturated/α-hetero) is 1. The number of rotatable bonds is 5. The lowest BCUT2D eigenvalue weighted by Crippen LogP contribution is -2.30. The van der Waals surface area contributed by atoms with Crippen molar-refractivity contribution in [3.05, 3.63) is 95.2 Å². The third kappa shape index (κ3) is 3.99. The molecule has 32 heavy (non-hydrogen) atoms. The number of pyridine rings is 1. The van der Waals surface area contributed by atoms with Gasteiger partial charge in [-0.1, -0.05) is 35.9 Å². The summed E-state index contributed by atoms with van der Waals surface area (Å²) < 4.78 is 5.65. The van der Waals surface area contributed by atoms with E-state index in [0.717, 1.165) is 5.56 Å². The first-order valence-electron chi connectivity index (χ1n) is 10.4. The van der Waals surface area contributed by atoms with E-state index in [1.54, 1.807) is 48.7 Å². The zero-order valence-electron chi connectivity index (χ0n) is 18.1. The molecule has 1 saturated heterocycles. The minimum absolute atomic E-state index is 0.0136. The van der Waals surface area contributed by atoms with E-state index in [9.17, 15) is 14.7 Å². The fourth-order valence-corrected chi connectivity index (χ4v) is 3.75. The number of hydrogen-bond acceptors (Lipinski definition) is 5. The molecular weight excluding hydrogens is 404 g/mol. The van der Waals surface area contributed by atoms with Crippen molar-refractivity contribution in [2.24, 2.45) is 0 Å². The van der Waals surface area contributed by atoms with Crippen molar-refractivity contribution >= 4 is 23.3 Å². The third-order valence-corrected chi connectivity index (χ3v) is 5.23. The maximum Gasteiger partial charge on any atom is 0.301 e. The summed E-state index contributed by atoms with van der Waals surface area (Å²) in [6.45, 7) is 5.81. The van der Waals surface area contributed by atoms with Crippen LogP contribution in [-0.2, 0) is 9.59 Å². The number of ether oxygens (including phenoxy) is 1. The van der Waals surface area contributed by atoms with E-state index in [-0.39, 0.29) is 17.4 Å². The molecule has 2 heterocycles. The summed E-state index contributed by atoms with van der Waals surface area (Å²) >= 11 is 0. The molecule has 0 aliphatic carbocycles. The lowest BCUT2D eigenvalue weighted by molar-refractivity contribution is -0.132. The Labute approximate surface area is 186 Å². The van der Waals surface area contributed by atoms with Gasteiger partial charge in [0.05, 0.1) is 17.7 Å². The number of aliphatic hydroxyl groups is 1. The summed E-state index contributed by atoms with van der Waals surface area (Å²) in [4.78, 5) is 31.8. The van der Waals surface area contributed by atoms with Crippen LogP contribution in [0.1, 0.15) is 36.6 Å². The Balaban J connectivity index is 1.85. The van der Waals surface area contributed by atoms with Gasteiger partial charge in [-0.05, 0) is 62.7 Å². The van der Waals surface area contributed by atoms with Crippen LogP contribution in [0.2, 0.25) is 0 Å². The third-order valence-electron chi connectivity index (χ3n) is 5.23. The standard InChI is InChI=1S/C26H24N2O4/c1-16(2)32-20-13-11-19(12-14-20)24(29)22-23(18-9-7-17(3)8-10-18)28(26(31)25(22)30)21-6-4-5-15-27-21/h4-16,23,29H,1-3H3/t23-/m0/s1. The quantitative estimate of drug-likeness (QED) is 0.359. The predicted octanol–water partition coefficient (Wildman–Crippen LogP) is 4.80. The Morgan fingerprint density at radius 2 is 1.69 bits per heavy atom. The van der Waals surface area contributed by atoms with Gasteiger partial charge in [-0.2, -0.15) is 0 Å². The van der Waals surface area contributed by atoms with Crippen LogP contribution < -0.4 is 9.64 Å². The highest BCUT2D eigenvalue weighted by atomic mass is 16.5. The van der Waals surface area contributed by atoms with Gasteiger partial charge in [0.1, 0.15) is 17.3 Å². The van der Waals surface area contributed by atoms with Crippen molar-refractivity contribution in [2.45, 2.75) is 32.9 Å². The van der Waals surface area contributed by atoms with Crippen molar-refractivity contribution in [1.82, 2.24) is 4.98 Å². The number of hydrogen-bond donors (Lipinski definition) is 1. The van der Waals surface area contributed by atoms with E-state index in [2.05, 4.69) is 4.98 Å². The van der Waals surface area contributed by atoms with Crippen LogP contribution in [0.4, 0.5) is 5.82 Å². The Hall–Kier alpha value is -3.93. The molecule has 1 aliphatic heterocycles. The summed E-state index contributed by atoms with van der Waals surface area (Å²) in [5.41, 5.74) is 2.21. The van der Waals surface area contributed by atoms with Crippen molar-refractivity contribution in [2.75, 3.05) is 4.90 Å². The summed E-state index contributed by atoms with van der Waals surface area (Å²) in [5, 5.41) is 11.2. The van der Waals surface area contributed by atoms with Gasteiger partial charge in [0.25, 0.3) is 5.78 Å². The topological polar surface area (TPSA) is 79.7 Å². The Bertz CT molecular complexity index is 1170. The molecule has 1 atom stereocenters. The molecule has 6 heteroatoms. The molecule has 4 rings (SSSR count). The molecular formula is C26H24N2O4. The van der Waals surface area contributed by atoms with Crippen LogP contribution in [0.5, 0.6) is 5.75 Å². The fraction of sp³-hybridized carbons (Fsp3) is 0.192. The number of anilines is 1. The lowest BCUT2D eigenvalue weighted by atomic mass is 9.94. The van der Waals surface area contributed by atoms with Crippen molar-refractivity contribution < 1.29 is 19.4 Å². The maximum atomic E-state index is 13.1. The molecule has 1 amide bonds. The Morgan fingerprint density at radius 3 is 2.28 bits per heavy atom. The van der Waals surface area contributed by atoms with Crippen LogP contribution in [0.15, 0.2) is 78.5 Å². The zero-order chi connectivity index (χ0) is 22.8. The summed E-state index contributed by atoms with van der Waals surface area (Å²) in [7, 11) is 0. The smallest absolute Gasteiger partial charge is 0.301 e. The van der Waals surface area contributed by atoms with E-state index >= 15 is 0 Å². The van der Waals surface area contributed by atoms with Crippen molar-refractivity contribution in [1.29, 1.82) is 0 Å². The Morgan fingerprint density at radius 1 is 1.00 bits per heavy atom. The van der Waals surface area contributed by atoms with Gasteiger partial charge in [-0.3, -0.25) is 14.5 Å². The molecule has 2 aromatic carbocycles.